The summed E-state index contributed by atoms with van der Waals surface area (Å²) < 4.78 is 0. The molecule has 108 valence electrons. The van der Waals surface area contributed by atoms with E-state index in [0.29, 0.717) is 16.8 Å². The minimum absolute atomic E-state index is 0.0164. The van der Waals surface area contributed by atoms with Crippen LogP contribution in [0.4, 0.5) is 5.69 Å². The van der Waals surface area contributed by atoms with E-state index in [1.807, 2.05) is 12.1 Å². The van der Waals surface area contributed by atoms with Crippen LogP contribution in [-0.4, -0.2) is 20.8 Å². The van der Waals surface area contributed by atoms with E-state index in [4.69, 9.17) is 5.73 Å². The Balaban J connectivity index is 2.24. The van der Waals surface area contributed by atoms with Gasteiger partial charge >= 0.3 is 0 Å². The van der Waals surface area contributed by atoms with Crippen molar-refractivity contribution in [3.8, 4) is 11.3 Å². The SMILES string of the molecule is NC(=O)c1nc(-c2ccc([N+](=O)[O-])cc2)c2ccccc2n1. The van der Waals surface area contributed by atoms with Gasteiger partial charge in [0.1, 0.15) is 0 Å². The number of non-ortho nitro benzene ring substituents is 1. The fourth-order valence-electron chi connectivity index (χ4n) is 2.15. The number of benzene rings is 2. The Hall–Kier alpha value is -3.35. The molecule has 0 saturated heterocycles. The second kappa shape index (κ2) is 5.21. The summed E-state index contributed by atoms with van der Waals surface area (Å²) in [5.74, 6) is -0.819. The standard InChI is InChI=1S/C15H10N4O3/c16-14(20)15-17-12-4-2-1-3-11(12)13(18-15)9-5-7-10(8-6-9)19(21)22/h1-8H,(H2,16,20). The molecule has 0 aliphatic rings. The number of nitrogens with two attached hydrogens (primary N) is 1. The molecule has 0 atom stereocenters. The third kappa shape index (κ3) is 2.35. The molecule has 0 saturated carbocycles. The Morgan fingerprint density at radius 3 is 2.36 bits per heavy atom. The van der Waals surface area contributed by atoms with Crippen LogP contribution in [0.15, 0.2) is 48.5 Å². The second-order valence-corrected chi connectivity index (χ2v) is 4.58. The molecule has 0 unspecified atom stereocenters. The first-order valence-corrected chi connectivity index (χ1v) is 6.37. The van der Waals surface area contributed by atoms with Crippen molar-refractivity contribution in [1.29, 1.82) is 0 Å². The highest BCUT2D eigenvalue weighted by molar-refractivity contribution is 5.97. The molecule has 7 nitrogen and oxygen atoms in total. The van der Waals surface area contributed by atoms with Gasteiger partial charge in [0.2, 0.25) is 5.82 Å². The van der Waals surface area contributed by atoms with Crippen LogP contribution >= 0.6 is 0 Å². The number of fused-ring (bicyclic) bond motifs is 1. The maximum Gasteiger partial charge on any atom is 0.286 e. The zero-order valence-corrected chi connectivity index (χ0v) is 11.3. The molecule has 1 aromatic heterocycles. The quantitative estimate of drug-likeness (QED) is 0.588. The van der Waals surface area contributed by atoms with E-state index < -0.39 is 10.8 Å². The summed E-state index contributed by atoms with van der Waals surface area (Å²) in [5, 5.41) is 11.5. The second-order valence-electron chi connectivity index (χ2n) is 4.58. The molecule has 0 aliphatic carbocycles. The molecule has 7 heteroatoms. The fraction of sp³-hybridized carbons (Fsp3) is 0. The third-order valence-corrected chi connectivity index (χ3v) is 3.18. The van der Waals surface area contributed by atoms with Crippen molar-refractivity contribution >= 4 is 22.5 Å². The molecule has 0 aliphatic heterocycles. The number of nitro groups is 1. The lowest BCUT2D eigenvalue weighted by molar-refractivity contribution is -0.384. The van der Waals surface area contributed by atoms with Crippen molar-refractivity contribution in [2.45, 2.75) is 0 Å². The molecule has 0 fully saturated rings. The van der Waals surface area contributed by atoms with E-state index in [9.17, 15) is 14.9 Å². The van der Waals surface area contributed by atoms with Crippen LogP contribution < -0.4 is 5.73 Å². The molecule has 3 aromatic rings. The molecular formula is C15H10N4O3. The first-order valence-electron chi connectivity index (χ1n) is 6.37. The van der Waals surface area contributed by atoms with Gasteiger partial charge in [-0.05, 0) is 18.2 Å². The van der Waals surface area contributed by atoms with Crippen LogP contribution in [0.1, 0.15) is 10.6 Å². The minimum atomic E-state index is -0.728. The number of carbonyl (C=O) groups is 1. The van der Waals surface area contributed by atoms with Crippen LogP contribution in [0.5, 0.6) is 0 Å². The van der Waals surface area contributed by atoms with Crippen LogP contribution in [-0.2, 0) is 0 Å². The highest BCUT2D eigenvalue weighted by atomic mass is 16.6. The Labute approximate surface area is 124 Å². The lowest BCUT2D eigenvalue weighted by atomic mass is 10.1. The highest BCUT2D eigenvalue weighted by Crippen LogP contribution is 2.27. The summed E-state index contributed by atoms with van der Waals surface area (Å²) in [6.07, 6.45) is 0. The van der Waals surface area contributed by atoms with Crippen LogP contribution in [0, 0.1) is 10.1 Å². The first-order chi connectivity index (χ1) is 10.6. The summed E-state index contributed by atoms with van der Waals surface area (Å²) in [6.45, 7) is 0. The summed E-state index contributed by atoms with van der Waals surface area (Å²) in [4.78, 5) is 29.9. The fourth-order valence-corrected chi connectivity index (χ4v) is 2.15. The summed E-state index contributed by atoms with van der Waals surface area (Å²) in [5.41, 5.74) is 6.98. The number of nitrogens with zero attached hydrogens (tertiary/aromatic N) is 3. The van der Waals surface area contributed by atoms with Crippen molar-refractivity contribution in [2.75, 3.05) is 0 Å². The highest BCUT2D eigenvalue weighted by Gasteiger charge is 2.13. The van der Waals surface area contributed by atoms with Gasteiger partial charge in [-0.1, -0.05) is 18.2 Å². The van der Waals surface area contributed by atoms with Gasteiger partial charge in [-0.2, -0.15) is 0 Å². The lowest BCUT2D eigenvalue weighted by Gasteiger charge is -2.07. The van der Waals surface area contributed by atoms with Gasteiger partial charge in [0.05, 0.1) is 16.1 Å². The number of amides is 1. The number of aromatic nitrogens is 2. The zero-order chi connectivity index (χ0) is 15.7. The molecule has 22 heavy (non-hydrogen) atoms. The number of hydrogen-bond acceptors (Lipinski definition) is 5. The number of hydrogen-bond donors (Lipinski definition) is 1. The van der Waals surface area contributed by atoms with Crippen molar-refractivity contribution in [3.05, 3.63) is 64.5 Å². The Kier molecular flexibility index (Phi) is 3.23. The number of carbonyl (C=O) groups excluding carboxylic acids is 1. The Morgan fingerprint density at radius 2 is 1.73 bits per heavy atom. The van der Waals surface area contributed by atoms with Crippen LogP contribution in [0.25, 0.3) is 22.2 Å². The molecule has 0 spiro atoms. The average molecular weight is 294 g/mol. The predicted molar refractivity (Wildman–Crippen MR) is 80.1 cm³/mol. The number of rotatable bonds is 3. The molecule has 2 aromatic carbocycles. The van der Waals surface area contributed by atoms with Gasteiger partial charge < -0.3 is 5.73 Å². The first kappa shape index (κ1) is 13.6. The zero-order valence-electron chi connectivity index (χ0n) is 11.3. The van der Waals surface area contributed by atoms with Crippen molar-refractivity contribution in [3.63, 3.8) is 0 Å². The van der Waals surface area contributed by atoms with Gasteiger partial charge in [-0.15, -0.1) is 0 Å². The summed E-state index contributed by atoms with van der Waals surface area (Å²) >= 11 is 0. The predicted octanol–water partition coefficient (Wildman–Crippen LogP) is 2.30. The van der Waals surface area contributed by atoms with E-state index in [1.54, 1.807) is 24.3 Å². The van der Waals surface area contributed by atoms with Gasteiger partial charge in [0.25, 0.3) is 11.6 Å². The minimum Gasteiger partial charge on any atom is -0.363 e. The van der Waals surface area contributed by atoms with Crippen molar-refractivity contribution < 1.29 is 9.72 Å². The monoisotopic (exact) mass is 294 g/mol. The van der Waals surface area contributed by atoms with E-state index in [0.717, 1.165) is 5.39 Å². The maximum absolute atomic E-state index is 11.4. The van der Waals surface area contributed by atoms with E-state index in [1.165, 1.54) is 12.1 Å². The molecule has 2 N–H and O–H groups in total. The normalized spacial score (nSPS) is 10.5. The van der Waals surface area contributed by atoms with Gasteiger partial charge in [-0.25, -0.2) is 9.97 Å². The maximum atomic E-state index is 11.4. The van der Waals surface area contributed by atoms with Gasteiger partial charge in [0.15, 0.2) is 0 Å². The largest absolute Gasteiger partial charge is 0.363 e. The number of para-hydroxylation sites is 1. The summed E-state index contributed by atoms with van der Waals surface area (Å²) in [6, 6.07) is 13.1. The average Bonchev–Trinajstić information content (AvgIpc) is 2.53. The van der Waals surface area contributed by atoms with E-state index in [-0.39, 0.29) is 11.5 Å². The van der Waals surface area contributed by atoms with Gasteiger partial charge in [0, 0.05) is 23.1 Å². The molecule has 3 rings (SSSR count). The molecule has 0 bridgehead atoms. The Morgan fingerprint density at radius 1 is 1.05 bits per heavy atom. The van der Waals surface area contributed by atoms with Crippen LogP contribution in [0.2, 0.25) is 0 Å². The smallest absolute Gasteiger partial charge is 0.286 e. The third-order valence-electron chi connectivity index (χ3n) is 3.18. The Bertz CT molecular complexity index is 891. The van der Waals surface area contributed by atoms with E-state index >= 15 is 0 Å². The molecular weight excluding hydrogens is 284 g/mol. The van der Waals surface area contributed by atoms with Gasteiger partial charge in [-0.3, -0.25) is 14.9 Å². The number of primary amides is 1. The topological polar surface area (TPSA) is 112 Å². The number of nitro benzene ring substituents is 1. The molecule has 0 radical (unpaired) electrons. The van der Waals surface area contributed by atoms with E-state index in [2.05, 4.69) is 9.97 Å². The van der Waals surface area contributed by atoms with Crippen molar-refractivity contribution in [2.24, 2.45) is 5.73 Å². The van der Waals surface area contributed by atoms with Crippen molar-refractivity contribution in [1.82, 2.24) is 9.97 Å². The summed E-state index contributed by atoms with van der Waals surface area (Å²) in [7, 11) is 0. The lowest BCUT2D eigenvalue weighted by Crippen LogP contribution is -2.15. The van der Waals surface area contributed by atoms with Crippen LogP contribution in [0.3, 0.4) is 0 Å². The molecule has 1 amide bonds. The molecule has 1 heterocycles.